The minimum Gasteiger partial charge on any atom is -0.389 e. The molecule has 4 N–H and O–H groups in total. The predicted octanol–water partition coefficient (Wildman–Crippen LogP) is 4.30. The van der Waals surface area contributed by atoms with Crippen LogP contribution in [0, 0.1) is 0 Å². The van der Waals surface area contributed by atoms with E-state index in [1.54, 1.807) is 79.7 Å². The maximum atomic E-state index is 14.0. The van der Waals surface area contributed by atoms with Gasteiger partial charge in [0.25, 0.3) is 0 Å². The summed E-state index contributed by atoms with van der Waals surface area (Å²) in [6, 6.07) is 18.2. The summed E-state index contributed by atoms with van der Waals surface area (Å²) in [5.74, 6) is -0.291. The first-order valence-corrected chi connectivity index (χ1v) is 11.8. The van der Waals surface area contributed by atoms with E-state index in [2.05, 4.69) is 0 Å². The lowest BCUT2D eigenvalue weighted by Crippen LogP contribution is -2.64. The Morgan fingerprint density at radius 3 is 0.971 bits per heavy atom. The first-order valence-electron chi connectivity index (χ1n) is 11.8. The van der Waals surface area contributed by atoms with Crippen LogP contribution in [0.3, 0.4) is 0 Å². The lowest BCUT2D eigenvalue weighted by Gasteiger charge is -2.54. The van der Waals surface area contributed by atoms with E-state index >= 15 is 0 Å². The highest BCUT2D eigenvalue weighted by Crippen LogP contribution is 2.51. The summed E-state index contributed by atoms with van der Waals surface area (Å²) >= 11 is 0. The predicted molar refractivity (Wildman–Crippen MR) is 136 cm³/mol. The van der Waals surface area contributed by atoms with Gasteiger partial charge in [-0.05, 0) is 66.5 Å². The maximum absolute atomic E-state index is 14.0. The van der Waals surface area contributed by atoms with Crippen molar-refractivity contribution in [3.63, 3.8) is 0 Å². The highest BCUT2D eigenvalue weighted by Gasteiger charge is 2.59. The van der Waals surface area contributed by atoms with Crippen molar-refractivity contribution in [3.8, 4) is 0 Å². The maximum Gasteiger partial charge on any atom is 0.135 e. The van der Waals surface area contributed by atoms with Crippen LogP contribution in [-0.2, 0) is 15.6 Å². The number of hydrogen-bond acceptors (Lipinski definition) is 5. The van der Waals surface area contributed by atoms with E-state index in [1.165, 1.54) is 0 Å². The van der Waals surface area contributed by atoms with E-state index in [9.17, 15) is 25.2 Å². The number of carbonyl (C=O) groups excluding carboxylic acids is 1. The lowest BCUT2D eigenvalue weighted by molar-refractivity contribution is -0.154. The van der Waals surface area contributed by atoms with Gasteiger partial charge in [-0.2, -0.15) is 0 Å². The van der Waals surface area contributed by atoms with E-state index < -0.39 is 33.2 Å². The molecular formula is C29H42O5. The minimum atomic E-state index is -1.47. The summed E-state index contributed by atoms with van der Waals surface area (Å²) in [6.45, 7) is 12.8. The first kappa shape index (κ1) is 28.2. The number of ketones is 1. The van der Waals surface area contributed by atoms with Crippen LogP contribution in [0.15, 0.2) is 60.7 Å². The number of Topliss-reactive ketones (excluding diaryl/α,β-unsaturated/α-hetero) is 1. The fourth-order valence-electron chi connectivity index (χ4n) is 6.08. The second kappa shape index (κ2) is 9.19. The van der Waals surface area contributed by atoms with Gasteiger partial charge in [-0.25, -0.2) is 0 Å². The Morgan fingerprint density at radius 2 is 0.765 bits per heavy atom. The molecule has 2 aromatic carbocycles. The SMILES string of the molecule is CC(C)(O)C(CC(=O)CC(c1ccccc1)(C(C)(C)O)C(C)(C)O)(c1ccccc1)C(C)(C)O. The zero-order valence-corrected chi connectivity index (χ0v) is 21.9. The molecule has 0 saturated carbocycles. The second-order valence-electron chi connectivity index (χ2n) is 11.7. The van der Waals surface area contributed by atoms with Crippen LogP contribution in [0.5, 0.6) is 0 Å². The third kappa shape index (κ3) is 4.85. The quantitative estimate of drug-likeness (QED) is 0.415. The fourth-order valence-corrected chi connectivity index (χ4v) is 6.08. The molecule has 0 atom stereocenters. The average Bonchev–Trinajstić information content (AvgIpc) is 2.67. The van der Waals surface area contributed by atoms with E-state index in [-0.39, 0.29) is 18.6 Å². The van der Waals surface area contributed by atoms with Crippen LogP contribution >= 0.6 is 0 Å². The molecular weight excluding hydrogens is 428 g/mol. The van der Waals surface area contributed by atoms with Gasteiger partial charge in [0, 0.05) is 12.8 Å². The van der Waals surface area contributed by atoms with Gasteiger partial charge in [0.1, 0.15) is 5.78 Å². The molecule has 0 aliphatic rings. The summed E-state index contributed by atoms with van der Waals surface area (Å²) < 4.78 is 0. The Bertz CT molecular complexity index is 845. The zero-order chi connectivity index (χ0) is 26.2. The van der Waals surface area contributed by atoms with Crippen molar-refractivity contribution in [1.82, 2.24) is 0 Å². The highest BCUT2D eigenvalue weighted by atomic mass is 16.3. The normalized spacial score (nSPS) is 14.2. The molecule has 0 aromatic heterocycles. The first-order chi connectivity index (χ1) is 15.3. The van der Waals surface area contributed by atoms with Crippen molar-refractivity contribution in [1.29, 1.82) is 0 Å². The second-order valence-corrected chi connectivity index (χ2v) is 11.7. The number of rotatable bonds is 10. The molecule has 2 rings (SSSR count). The molecule has 0 aliphatic carbocycles. The lowest BCUT2D eigenvalue weighted by atomic mass is 9.54. The third-order valence-electron chi connectivity index (χ3n) is 7.64. The van der Waals surface area contributed by atoms with Crippen molar-refractivity contribution in [2.45, 2.75) is 101 Å². The van der Waals surface area contributed by atoms with Crippen LogP contribution in [-0.4, -0.2) is 48.6 Å². The van der Waals surface area contributed by atoms with Gasteiger partial charge >= 0.3 is 0 Å². The molecule has 188 valence electrons. The molecule has 0 saturated heterocycles. The monoisotopic (exact) mass is 470 g/mol. The summed E-state index contributed by atoms with van der Waals surface area (Å²) in [5.41, 5.74) is -7.30. The van der Waals surface area contributed by atoms with Gasteiger partial charge in [0.2, 0.25) is 0 Å². The van der Waals surface area contributed by atoms with Crippen LogP contribution in [0.25, 0.3) is 0 Å². The van der Waals surface area contributed by atoms with E-state index in [0.29, 0.717) is 11.1 Å². The molecule has 34 heavy (non-hydrogen) atoms. The number of benzene rings is 2. The molecule has 0 radical (unpaired) electrons. The zero-order valence-electron chi connectivity index (χ0n) is 21.9. The molecule has 0 bridgehead atoms. The molecule has 0 heterocycles. The smallest absolute Gasteiger partial charge is 0.135 e. The molecule has 0 amide bonds. The highest BCUT2D eigenvalue weighted by molar-refractivity contribution is 5.83. The van der Waals surface area contributed by atoms with Gasteiger partial charge in [-0.3, -0.25) is 4.79 Å². The summed E-state index contributed by atoms with van der Waals surface area (Å²) in [7, 11) is 0. The van der Waals surface area contributed by atoms with Gasteiger partial charge in [0.05, 0.1) is 33.2 Å². The molecule has 5 heteroatoms. The van der Waals surface area contributed by atoms with E-state index in [1.807, 2.05) is 36.4 Å². The Labute approximate surface area is 204 Å². The van der Waals surface area contributed by atoms with Crippen molar-refractivity contribution in [2.75, 3.05) is 0 Å². The number of hydrogen-bond donors (Lipinski definition) is 4. The van der Waals surface area contributed by atoms with Gasteiger partial charge in [0.15, 0.2) is 0 Å². The summed E-state index contributed by atoms with van der Waals surface area (Å²) in [6.07, 6.45) is -0.379. The minimum absolute atomic E-state index is 0.190. The number of carbonyl (C=O) groups is 1. The van der Waals surface area contributed by atoms with Crippen molar-refractivity contribution in [3.05, 3.63) is 71.8 Å². The Balaban J connectivity index is 2.72. The largest absolute Gasteiger partial charge is 0.389 e. The number of aliphatic hydroxyl groups is 4. The summed E-state index contributed by atoms with van der Waals surface area (Å²) in [5, 5.41) is 45.6. The van der Waals surface area contributed by atoms with Gasteiger partial charge < -0.3 is 20.4 Å². The Hall–Kier alpha value is -2.05. The van der Waals surface area contributed by atoms with Crippen molar-refractivity contribution >= 4 is 5.78 Å². The molecule has 0 fully saturated rings. The van der Waals surface area contributed by atoms with E-state index in [0.717, 1.165) is 0 Å². The van der Waals surface area contributed by atoms with Crippen LogP contribution in [0.1, 0.15) is 79.4 Å². The Morgan fingerprint density at radius 1 is 0.529 bits per heavy atom. The van der Waals surface area contributed by atoms with Crippen molar-refractivity contribution < 1.29 is 25.2 Å². The average molecular weight is 471 g/mol. The topological polar surface area (TPSA) is 98.0 Å². The summed E-state index contributed by atoms with van der Waals surface area (Å²) in [4.78, 5) is 14.0. The van der Waals surface area contributed by atoms with E-state index in [4.69, 9.17) is 0 Å². The third-order valence-corrected chi connectivity index (χ3v) is 7.64. The van der Waals surface area contributed by atoms with Crippen LogP contribution < -0.4 is 0 Å². The van der Waals surface area contributed by atoms with Crippen LogP contribution in [0.4, 0.5) is 0 Å². The van der Waals surface area contributed by atoms with Crippen molar-refractivity contribution in [2.24, 2.45) is 0 Å². The van der Waals surface area contributed by atoms with Crippen LogP contribution in [0.2, 0.25) is 0 Å². The molecule has 2 aromatic rings. The molecule has 5 nitrogen and oxygen atoms in total. The fraction of sp³-hybridized carbons (Fsp3) is 0.552. The molecule has 0 aliphatic heterocycles. The molecule has 0 spiro atoms. The van der Waals surface area contributed by atoms with Gasteiger partial charge in [-0.15, -0.1) is 0 Å². The Kier molecular flexibility index (Phi) is 7.62. The molecule has 0 unspecified atom stereocenters. The van der Waals surface area contributed by atoms with Gasteiger partial charge in [-0.1, -0.05) is 60.7 Å². The standard InChI is InChI=1S/C29H42O5/c1-24(2,31)28(25(3,4)32,21-15-11-9-12-16-21)19-23(30)20-29(26(5,6)33,27(7,8)34)22-17-13-10-14-18-22/h9-18,31-34H,19-20H2,1-8H3.